The van der Waals surface area contributed by atoms with Crippen molar-refractivity contribution in [3.63, 3.8) is 0 Å². The van der Waals surface area contributed by atoms with Crippen molar-refractivity contribution in [1.29, 1.82) is 0 Å². The number of aromatic nitrogens is 1. The number of halogens is 1. The van der Waals surface area contributed by atoms with Crippen molar-refractivity contribution in [2.75, 3.05) is 27.2 Å². The number of carbonyl (C=O) groups is 2. The maximum absolute atomic E-state index is 13.0. The highest BCUT2D eigenvalue weighted by molar-refractivity contribution is 9.10. The fourth-order valence-corrected chi connectivity index (χ4v) is 4.09. The van der Waals surface area contributed by atoms with E-state index in [1.165, 1.54) is 0 Å². The van der Waals surface area contributed by atoms with Crippen LogP contribution in [0.3, 0.4) is 0 Å². The van der Waals surface area contributed by atoms with Crippen LogP contribution in [0.15, 0.2) is 64.8 Å². The van der Waals surface area contributed by atoms with Crippen molar-refractivity contribution in [2.24, 2.45) is 0 Å². The van der Waals surface area contributed by atoms with Gasteiger partial charge in [-0.25, -0.2) is 0 Å². The fourth-order valence-electron chi connectivity index (χ4n) is 3.83. The van der Waals surface area contributed by atoms with Crippen molar-refractivity contribution >= 4 is 44.3 Å². The molecule has 4 rings (SSSR count). The summed E-state index contributed by atoms with van der Waals surface area (Å²) in [6, 6.07) is 14.1. The number of fused-ring (bicyclic) bond motifs is 1. The van der Waals surface area contributed by atoms with Gasteiger partial charge >= 0.3 is 0 Å². The zero-order valence-corrected chi connectivity index (χ0v) is 18.3. The summed E-state index contributed by atoms with van der Waals surface area (Å²) in [6.45, 7) is 0.975. The third-order valence-electron chi connectivity index (χ3n) is 5.36. The Balaban J connectivity index is 1.90. The molecule has 1 unspecified atom stereocenters. The molecule has 2 N–H and O–H groups in total. The second-order valence-electron chi connectivity index (χ2n) is 7.59. The number of ketones is 1. The molecule has 2 heterocycles. The highest BCUT2D eigenvalue weighted by Gasteiger charge is 2.46. The van der Waals surface area contributed by atoms with E-state index in [9.17, 15) is 14.7 Å². The predicted molar refractivity (Wildman–Crippen MR) is 120 cm³/mol. The molecule has 0 radical (unpaired) electrons. The number of aliphatic hydroxyl groups excluding tert-OH is 1. The van der Waals surface area contributed by atoms with Gasteiger partial charge in [-0.15, -0.1) is 0 Å². The van der Waals surface area contributed by atoms with Crippen LogP contribution in [0.4, 0.5) is 0 Å². The number of benzene rings is 2. The van der Waals surface area contributed by atoms with Gasteiger partial charge in [-0.1, -0.05) is 46.3 Å². The van der Waals surface area contributed by atoms with Crippen LogP contribution in [0, 0.1) is 0 Å². The Labute approximate surface area is 182 Å². The minimum absolute atomic E-state index is 0.117. The molecule has 30 heavy (non-hydrogen) atoms. The topological polar surface area (TPSA) is 76.6 Å². The number of likely N-dealkylation sites (tertiary alicyclic amines) is 1. The lowest BCUT2D eigenvalue weighted by molar-refractivity contribution is -0.140. The SMILES string of the molecule is CN(C)CCN1C(=O)C(=O)/C(=C(/O)c2ccc(Br)cc2)C1c1c[nH]c2ccccc12. The second kappa shape index (κ2) is 8.08. The summed E-state index contributed by atoms with van der Waals surface area (Å²) in [5.74, 6) is -1.42. The van der Waals surface area contributed by atoms with Crippen molar-refractivity contribution < 1.29 is 14.7 Å². The van der Waals surface area contributed by atoms with Gasteiger partial charge in [0, 0.05) is 45.8 Å². The van der Waals surface area contributed by atoms with Crippen LogP contribution in [0.5, 0.6) is 0 Å². The number of carbonyl (C=O) groups excluding carboxylic acids is 2. The normalized spacial score (nSPS) is 18.7. The summed E-state index contributed by atoms with van der Waals surface area (Å²) >= 11 is 3.38. The molecule has 2 aromatic carbocycles. The maximum Gasteiger partial charge on any atom is 0.295 e. The summed E-state index contributed by atoms with van der Waals surface area (Å²) in [6.07, 6.45) is 1.82. The molecule has 154 valence electrons. The average molecular weight is 468 g/mol. The van der Waals surface area contributed by atoms with E-state index < -0.39 is 17.7 Å². The van der Waals surface area contributed by atoms with E-state index in [2.05, 4.69) is 20.9 Å². The number of nitrogens with zero attached hydrogens (tertiary/aromatic N) is 2. The van der Waals surface area contributed by atoms with Gasteiger partial charge in [-0.3, -0.25) is 9.59 Å². The molecule has 1 aliphatic heterocycles. The minimum atomic E-state index is -0.663. The smallest absolute Gasteiger partial charge is 0.295 e. The van der Waals surface area contributed by atoms with Gasteiger partial charge in [-0.2, -0.15) is 0 Å². The van der Waals surface area contributed by atoms with E-state index in [1.54, 1.807) is 29.2 Å². The zero-order valence-electron chi connectivity index (χ0n) is 16.7. The number of aromatic amines is 1. The van der Waals surface area contributed by atoms with Crippen LogP contribution in [-0.4, -0.2) is 58.8 Å². The Hall–Kier alpha value is -2.90. The molecule has 0 spiro atoms. The Morgan fingerprint density at radius 1 is 1.13 bits per heavy atom. The first-order valence-electron chi connectivity index (χ1n) is 9.63. The molecule has 1 amide bonds. The molecular formula is C23H22BrN3O3. The zero-order chi connectivity index (χ0) is 21.4. The first-order valence-corrected chi connectivity index (χ1v) is 10.4. The number of Topliss-reactive ketones (excluding diaryl/α,β-unsaturated/α-hetero) is 1. The lowest BCUT2D eigenvalue weighted by atomic mass is 9.95. The van der Waals surface area contributed by atoms with Crippen LogP contribution in [0.25, 0.3) is 16.7 Å². The third kappa shape index (κ3) is 3.55. The highest BCUT2D eigenvalue weighted by Crippen LogP contribution is 2.41. The molecule has 1 fully saturated rings. The van der Waals surface area contributed by atoms with E-state index in [0.29, 0.717) is 18.7 Å². The molecule has 0 saturated carbocycles. The van der Waals surface area contributed by atoms with E-state index in [0.717, 1.165) is 20.9 Å². The number of para-hydroxylation sites is 1. The Morgan fingerprint density at radius 3 is 2.53 bits per heavy atom. The van der Waals surface area contributed by atoms with Crippen LogP contribution in [0.1, 0.15) is 17.2 Å². The number of hydrogen-bond acceptors (Lipinski definition) is 4. The molecule has 1 saturated heterocycles. The molecule has 7 heteroatoms. The van der Waals surface area contributed by atoms with Gasteiger partial charge in [0.1, 0.15) is 5.76 Å². The number of amides is 1. The van der Waals surface area contributed by atoms with Crippen LogP contribution in [0.2, 0.25) is 0 Å². The van der Waals surface area contributed by atoms with Gasteiger partial charge in [0.05, 0.1) is 11.6 Å². The van der Waals surface area contributed by atoms with E-state index in [4.69, 9.17) is 0 Å². The number of rotatable bonds is 5. The first-order chi connectivity index (χ1) is 14.4. The fraction of sp³-hybridized carbons (Fsp3) is 0.217. The highest BCUT2D eigenvalue weighted by atomic mass is 79.9. The minimum Gasteiger partial charge on any atom is -0.507 e. The number of H-pyrrole nitrogens is 1. The Kier molecular flexibility index (Phi) is 5.49. The Bertz CT molecular complexity index is 1150. The molecule has 0 bridgehead atoms. The second-order valence-corrected chi connectivity index (χ2v) is 8.51. The lowest BCUT2D eigenvalue weighted by Gasteiger charge is -2.26. The lowest BCUT2D eigenvalue weighted by Crippen LogP contribution is -2.35. The summed E-state index contributed by atoms with van der Waals surface area (Å²) in [5, 5.41) is 12.0. The standard InChI is InChI=1S/C23H22BrN3O3/c1-26(2)11-12-27-20(17-13-25-18-6-4-3-5-16(17)18)19(22(29)23(27)30)21(28)14-7-9-15(24)10-8-14/h3-10,13,20,25,28H,11-12H2,1-2H3/b21-19+. The molecule has 1 aromatic heterocycles. The van der Waals surface area contributed by atoms with Gasteiger partial charge in [-0.05, 0) is 32.3 Å². The van der Waals surface area contributed by atoms with E-state index in [-0.39, 0.29) is 11.3 Å². The van der Waals surface area contributed by atoms with Gasteiger partial charge in [0.2, 0.25) is 0 Å². The van der Waals surface area contributed by atoms with Crippen molar-refractivity contribution in [1.82, 2.24) is 14.8 Å². The average Bonchev–Trinajstić information content (AvgIpc) is 3.25. The van der Waals surface area contributed by atoms with Crippen molar-refractivity contribution in [2.45, 2.75) is 6.04 Å². The van der Waals surface area contributed by atoms with Gasteiger partial charge in [0.25, 0.3) is 11.7 Å². The summed E-state index contributed by atoms with van der Waals surface area (Å²) in [4.78, 5) is 32.7. The number of aliphatic hydroxyl groups is 1. The van der Waals surface area contributed by atoms with Crippen molar-refractivity contribution in [3.8, 4) is 0 Å². The molecule has 3 aromatic rings. The number of nitrogens with one attached hydrogen (secondary N) is 1. The van der Waals surface area contributed by atoms with E-state index >= 15 is 0 Å². The quantitative estimate of drug-likeness (QED) is 0.338. The molecule has 1 atom stereocenters. The molecular weight excluding hydrogens is 446 g/mol. The Morgan fingerprint density at radius 2 is 1.83 bits per heavy atom. The predicted octanol–water partition coefficient (Wildman–Crippen LogP) is 3.91. The largest absolute Gasteiger partial charge is 0.507 e. The molecule has 6 nitrogen and oxygen atoms in total. The van der Waals surface area contributed by atoms with E-state index in [1.807, 2.05) is 49.5 Å². The monoisotopic (exact) mass is 467 g/mol. The number of hydrogen-bond donors (Lipinski definition) is 2. The summed E-state index contributed by atoms with van der Waals surface area (Å²) in [7, 11) is 3.83. The van der Waals surface area contributed by atoms with Gasteiger partial charge < -0.3 is 19.9 Å². The summed E-state index contributed by atoms with van der Waals surface area (Å²) < 4.78 is 0.860. The van der Waals surface area contributed by atoms with Gasteiger partial charge in [0.15, 0.2) is 0 Å². The van der Waals surface area contributed by atoms with Crippen LogP contribution < -0.4 is 0 Å². The maximum atomic E-state index is 13.0. The van der Waals surface area contributed by atoms with Crippen LogP contribution >= 0.6 is 15.9 Å². The van der Waals surface area contributed by atoms with Crippen molar-refractivity contribution in [3.05, 3.63) is 75.9 Å². The van der Waals surface area contributed by atoms with Crippen LogP contribution in [-0.2, 0) is 9.59 Å². The summed E-state index contributed by atoms with van der Waals surface area (Å²) in [5.41, 5.74) is 2.32. The first kappa shape index (κ1) is 20.4. The molecule has 1 aliphatic rings. The third-order valence-corrected chi connectivity index (χ3v) is 5.89. The number of likely N-dealkylation sites (N-methyl/N-ethyl adjacent to an activating group) is 1. The molecule has 0 aliphatic carbocycles.